The van der Waals surface area contributed by atoms with Crippen molar-refractivity contribution in [2.45, 2.75) is 31.8 Å². The summed E-state index contributed by atoms with van der Waals surface area (Å²) in [7, 11) is 0. The van der Waals surface area contributed by atoms with Crippen molar-refractivity contribution >= 4 is 11.7 Å². The van der Waals surface area contributed by atoms with Crippen LogP contribution in [-0.2, 0) is 0 Å². The zero-order valence-electron chi connectivity index (χ0n) is 17.8. The van der Waals surface area contributed by atoms with Gasteiger partial charge in [-0.1, -0.05) is 17.7 Å². The van der Waals surface area contributed by atoms with Crippen molar-refractivity contribution in [2.75, 3.05) is 13.1 Å². The summed E-state index contributed by atoms with van der Waals surface area (Å²) in [4.78, 5) is 35.8. The van der Waals surface area contributed by atoms with Crippen molar-refractivity contribution < 1.29 is 19.1 Å². The highest BCUT2D eigenvalue weighted by atomic mass is 16.5. The van der Waals surface area contributed by atoms with Gasteiger partial charge in [-0.2, -0.15) is 0 Å². The average Bonchev–Trinajstić information content (AvgIpc) is 2.81. The maximum Gasteiger partial charge on any atom is 0.321 e. The molecule has 0 N–H and O–H groups in total. The van der Waals surface area contributed by atoms with Gasteiger partial charge >= 0.3 is 6.01 Å². The number of rotatable bonds is 3. The fourth-order valence-electron chi connectivity index (χ4n) is 4.32. The second kappa shape index (κ2) is 8.07. The lowest BCUT2D eigenvalue weighted by Crippen LogP contribution is -2.52. The number of ether oxygens (including phenoxy) is 2. The molecule has 32 heavy (non-hydrogen) atoms. The third-order valence-electron chi connectivity index (χ3n) is 6.04. The molecule has 3 aromatic rings. The van der Waals surface area contributed by atoms with Gasteiger partial charge in [0.05, 0.1) is 12.0 Å². The summed E-state index contributed by atoms with van der Waals surface area (Å²) in [6.45, 7) is 3.02. The molecule has 5 rings (SSSR count). The first kappa shape index (κ1) is 20.2. The summed E-state index contributed by atoms with van der Waals surface area (Å²) in [5.41, 5.74) is 1.71. The molecule has 0 unspecified atom stereocenters. The van der Waals surface area contributed by atoms with E-state index >= 15 is 0 Å². The lowest BCUT2D eigenvalue weighted by atomic mass is 9.82. The van der Waals surface area contributed by atoms with Gasteiger partial charge in [-0.15, -0.1) is 0 Å². The van der Waals surface area contributed by atoms with Gasteiger partial charge in [-0.3, -0.25) is 9.59 Å². The predicted octanol–water partition coefficient (Wildman–Crippen LogP) is 4.22. The van der Waals surface area contributed by atoms with Gasteiger partial charge < -0.3 is 14.4 Å². The Bertz CT molecular complexity index is 1170. The van der Waals surface area contributed by atoms with E-state index in [9.17, 15) is 9.59 Å². The van der Waals surface area contributed by atoms with Crippen molar-refractivity contribution in [1.29, 1.82) is 0 Å². The Kier molecular flexibility index (Phi) is 5.09. The molecular weight excluding hydrogens is 406 g/mol. The molecule has 2 aromatic carbocycles. The number of likely N-dealkylation sites (tertiary alicyclic amines) is 1. The Morgan fingerprint density at radius 1 is 1.06 bits per heavy atom. The van der Waals surface area contributed by atoms with Gasteiger partial charge in [0, 0.05) is 43.9 Å². The standard InChI is InChI=1S/C25H23N3O4/c1-17-6-7-22-20(14-17)21(29)16-25(32-22)8-12-28(13-9-25)23(30)18-4-2-5-19(15-18)31-24-26-10-3-11-27-24/h2-7,10-11,14-15H,8-9,12-13,16H2,1H3. The van der Waals surface area contributed by atoms with Crippen LogP contribution in [0.3, 0.4) is 0 Å². The SMILES string of the molecule is Cc1ccc2c(c1)C(=O)CC1(CCN(C(=O)c3cccc(Oc4ncccn4)c3)CC1)O2. The highest BCUT2D eigenvalue weighted by Crippen LogP contribution is 2.39. The predicted molar refractivity (Wildman–Crippen MR) is 117 cm³/mol. The third-order valence-corrected chi connectivity index (χ3v) is 6.04. The van der Waals surface area contributed by atoms with Crippen LogP contribution in [0.15, 0.2) is 60.9 Å². The number of hydrogen-bond acceptors (Lipinski definition) is 6. The number of ketones is 1. The second-order valence-corrected chi connectivity index (χ2v) is 8.34. The summed E-state index contributed by atoms with van der Waals surface area (Å²) in [5.74, 6) is 1.20. The Morgan fingerprint density at radius 3 is 2.62 bits per heavy atom. The number of fused-ring (bicyclic) bond motifs is 1. The normalized spacial score (nSPS) is 16.9. The number of aromatic nitrogens is 2. The van der Waals surface area contributed by atoms with E-state index in [1.54, 1.807) is 42.7 Å². The number of carbonyl (C=O) groups is 2. The van der Waals surface area contributed by atoms with Gasteiger partial charge in [0.25, 0.3) is 5.91 Å². The third kappa shape index (κ3) is 3.93. The first-order chi connectivity index (χ1) is 15.5. The van der Waals surface area contributed by atoms with Crippen LogP contribution in [0.1, 0.15) is 45.5 Å². The summed E-state index contributed by atoms with van der Waals surface area (Å²) >= 11 is 0. The molecular formula is C25H23N3O4. The highest BCUT2D eigenvalue weighted by molar-refractivity contribution is 6.00. The van der Waals surface area contributed by atoms with E-state index in [1.807, 2.05) is 30.0 Å². The second-order valence-electron chi connectivity index (χ2n) is 8.34. The van der Waals surface area contributed by atoms with E-state index < -0.39 is 5.60 Å². The number of benzene rings is 2. The Morgan fingerprint density at radius 2 is 1.84 bits per heavy atom. The summed E-state index contributed by atoms with van der Waals surface area (Å²) in [5, 5.41) is 0. The Balaban J connectivity index is 1.27. The van der Waals surface area contributed by atoms with E-state index in [0.717, 1.165) is 5.56 Å². The Labute approximate surface area is 186 Å². The van der Waals surface area contributed by atoms with Crippen molar-refractivity contribution in [2.24, 2.45) is 0 Å². The van der Waals surface area contributed by atoms with Crippen LogP contribution in [0.4, 0.5) is 0 Å². The molecule has 0 radical (unpaired) electrons. The number of nitrogens with zero attached hydrogens (tertiary/aromatic N) is 3. The van der Waals surface area contributed by atoms with E-state index in [-0.39, 0.29) is 17.7 Å². The molecule has 0 bridgehead atoms. The van der Waals surface area contributed by atoms with Crippen LogP contribution >= 0.6 is 0 Å². The van der Waals surface area contributed by atoms with E-state index in [0.29, 0.717) is 55.0 Å². The van der Waals surface area contributed by atoms with Crippen LogP contribution in [0.25, 0.3) is 0 Å². The van der Waals surface area contributed by atoms with E-state index in [1.165, 1.54) is 0 Å². The molecule has 0 aliphatic carbocycles. The minimum absolute atomic E-state index is 0.0718. The summed E-state index contributed by atoms with van der Waals surface area (Å²) in [6.07, 6.45) is 4.78. The number of piperidine rings is 1. The van der Waals surface area contributed by atoms with Crippen molar-refractivity contribution in [1.82, 2.24) is 14.9 Å². The topological polar surface area (TPSA) is 81.6 Å². The largest absolute Gasteiger partial charge is 0.486 e. The van der Waals surface area contributed by atoms with Crippen LogP contribution < -0.4 is 9.47 Å². The number of carbonyl (C=O) groups excluding carboxylic acids is 2. The zero-order chi connectivity index (χ0) is 22.1. The molecule has 2 aliphatic heterocycles. The summed E-state index contributed by atoms with van der Waals surface area (Å²) < 4.78 is 12.0. The lowest BCUT2D eigenvalue weighted by Gasteiger charge is -2.44. The quantitative estimate of drug-likeness (QED) is 0.620. The average molecular weight is 429 g/mol. The van der Waals surface area contributed by atoms with Gasteiger partial charge in [0.15, 0.2) is 5.78 Å². The number of amides is 1. The fourth-order valence-corrected chi connectivity index (χ4v) is 4.32. The Hall–Kier alpha value is -3.74. The molecule has 1 spiro atoms. The number of aryl methyl sites for hydroxylation is 1. The molecule has 3 heterocycles. The zero-order valence-corrected chi connectivity index (χ0v) is 17.8. The number of Topliss-reactive ketones (excluding diaryl/α,β-unsaturated/α-hetero) is 1. The molecule has 7 heteroatoms. The molecule has 2 aliphatic rings. The van der Waals surface area contributed by atoms with Crippen LogP contribution in [0.5, 0.6) is 17.5 Å². The first-order valence-corrected chi connectivity index (χ1v) is 10.7. The molecule has 1 saturated heterocycles. The molecule has 7 nitrogen and oxygen atoms in total. The molecule has 1 aromatic heterocycles. The van der Waals surface area contributed by atoms with Gasteiger partial charge in [-0.05, 0) is 43.3 Å². The first-order valence-electron chi connectivity index (χ1n) is 10.7. The fraction of sp³-hybridized carbons (Fsp3) is 0.280. The monoisotopic (exact) mass is 429 g/mol. The van der Waals surface area contributed by atoms with Gasteiger partial charge in [0.1, 0.15) is 17.1 Å². The summed E-state index contributed by atoms with van der Waals surface area (Å²) in [6, 6.07) is 14.7. The highest BCUT2D eigenvalue weighted by Gasteiger charge is 2.43. The minimum Gasteiger partial charge on any atom is -0.486 e. The minimum atomic E-state index is -0.536. The molecule has 1 fully saturated rings. The van der Waals surface area contributed by atoms with Gasteiger partial charge in [0.2, 0.25) is 0 Å². The molecule has 0 saturated carbocycles. The van der Waals surface area contributed by atoms with Crippen molar-refractivity contribution in [3.63, 3.8) is 0 Å². The maximum absolute atomic E-state index is 13.1. The molecule has 162 valence electrons. The van der Waals surface area contributed by atoms with Gasteiger partial charge in [-0.25, -0.2) is 9.97 Å². The van der Waals surface area contributed by atoms with Crippen LogP contribution in [0, 0.1) is 6.92 Å². The van der Waals surface area contributed by atoms with Crippen molar-refractivity contribution in [3.8, 4) is 17.5 Å². The van der Waals surface area contributed by atoms with Crippen LogP contribution in [-0.4, -0.2) is 45.2 Å². The number of hydrogen-bond donors (Lipinski definition) is 0. The maximum atomic E-state index is 13.1. The van der Waals surface area contributed by atoms with Crippen LogP contribution in [0.2, 0.25) is 0 Å². The molecule has 0 atom stereocenters. The van der Waals surface area contributed by atoms with E-state index in [2.05, 4.69) is 9.97 Å². The molecule has 1 amide bonds. The van der Waals surface area contributed by atoms with E-state index in [4.69, 9.17) is 9.47 Å². The lowest BCUT2D eigenvalue weighted by molar-refractivity contribution is -0.00573. The smallest absolute Gasteiger partial charge is 0.321 e. The van der Waals surface area contributed by atoms with Crippen molar-refractivity contribution in [3.05, 3.63) is 77.6 Å².